The average Bonchev–Trinajstić information content (AvgIpc) is 1.65. The first kappa shape index (κ1) is 76.9. The number of aromatic nitrogens is 2. The molecule has 0 aliphatic carbocycles. The zero-order valence-corrected chi connectivity index (χ0v) is 72.9. The third kappa shape index (κ3) is 12.1. The Labute approximate surface area is 774 Å². The van der Waals surface area contributed by atoms with Gasteiger partial charge in [0.1, 0.15) is 33.5 Å². The van der Waals surface area contributed by atoms with E-state index in [1.54, 1.807) is 0 Å². The van der Waals surface area contributed by atoms with Gasteiger partial charge in [-0.3, -0.25) is 9.97 Å². The molecule has 24 aromatic carbocycles. The molecule has 0 fully saturated rings. The molecule has 0 N–H and O–H groups in total. The molecule has 29 aromatic rings. The fourth-order valence-electron chi connectivity index (χ4n) is 22.2. The summed E-state index contributed by atoms with van der Waals surface area (Å²) < 4.78 is 20.4. The van der Waals surface area contributed by atoms with Gasteiger partial charge in [0.2, 0.25) is 0 Å². The zero-order valence-electron chi connectivity index (χ0n) is 72.9. The minimum Gasteiger partial charge on any atom is -0.455 e. The van der Waals surface area contributed by atoms with Gasteiger partial charge in [-0.2, -0.15) is 0 Å². The minimum absolute atomic E-state index is 0.677. The number of para-hydroxylation sites is 1. The Morgan fingerprint density at radius 3 is 0.852 bits per heavy atom. The largest absolute Gasteiger partial charge is 0.455 e. The minimum atomic E-state index is 0.677. The maximum Gasteiger partial charge on any atom is 0.194 e. The fourth-order valence-corrected chi connectivity index (χ4v) is 22.2. The maximum absolute atomic E-state index is 7.68. The van der Waals surface area contributed by atoms with Crippen LogP contribution in [0.15, 0.2) is 469 Å². The molecule has 0 spiro atoms. The monoisotopic (exact) mass is 1710 g/mol. The van der Waals surface area contributed by atoms with Crippen molar-refractivity contribution in [3.8, 4) is 77.9 Å². The molecule has 5 heterocycles. The predicted octanol–water partition coefficient (Wildman–Crippen LogP) is 36.8. The Bertz CT molecular complexity index is 10100. The van der Waals surface area contributed by atoms with E-state index in [1.807, 2.05) is 48.9 Å². The molecule has 0 saturated carbocycles. The Balaban J connectivity index is 0.000000104. The highest BCUT2D eigenvalue weighted by molar-refractivity contribution is 6.34. The van der Waals surface area contributed by atoms with E-state index in [9.17, 15) is 0 Å². The highest BCUT2D eigenvalue weighted by Crippen LogP contribution is 2.54. The van der Waals surface area contributed by atoms with Gasteiger partial charge >= 0.3 is 0 Å². The van der Waals surface area contributed by atoms with E-state index < -0.39 is 0 Å². The maximum atomic E-state index is 7.68. The van der Waals surface area contributed by atoms with Crippen LogP contribution in [0.25, 0.3) is 289 Å². The zero-order chi connectivity index (χ0) is 88.9. The van der Waals surface area contributed by atoms with Gasteiger partial charge in [0.05, 0.1) is 12.1 Å². The summed E-state index contributed by atoms with van der Waals surface area (Å²) >= 11 is 0. The van der Waals surface area contributed by atoms with E-state index >= 15 is 0 Å². The topological polar surface area (TPSA) is 69.6 Å². The van der Waals surface area contributed by atoms with Gasteiger partial charge < -0.3 is 13.3 Å². The first-order valence-electron chi connectivity index (χ1n) is 45.9. The Morgan fingerprint density at radius 1 is 0.185 bits per heavy atom. The number of rotatable bonds is 7. The van der Waals surface area contributed by atoms with Crippen LogP contribution in [0.4, 0.5) is 5.69 Å². The van der Waals surface area contributed by atoms with E-state index in [2.05, 4.69) is 416 Å². The van der Waals surface area contributed by atoms with E-state index in [0.717, 1.165) is 111 Å². The van der Waals surface area contributed by atoms with Gasteiger partial charge in [0.25, 0.3) is 0 Å². The molecule has 0 aliphatic heterocycles. The molecule has 29 rings (SSSR count). The Hall–Kier alpha value is -18.2. The smallest absolute Gasteiger partial charge is 0.194 e. The van der Waals surface area contributed by atoms with Crippen molar-refractivity contribution in [1.29, 1.82) is 0 Å². The lowest BCUT2D eigenvalue weighted by molar-refractivity contribution is 0.670. The molecule has 0 unspecified atom stereocenters. The molecule has 0 bridgehead atoms. The molecular weight excluding hydrogens is 1640 g/mol. The Morgan fingerprint density at radius 2 is 0.467 bits per heavy atom. The number of nitrogens with zero attached hydrogens (tertiary/aromatic N) is 3. The number of hydrogen-bond donors (Lipinski definition) is 0. The summed E-state index contributed by atoms with van der Waals surface area (Å²) in [6.07, 6.45) is 5.64. The van der Waals surface area contributed by atoms with Crippen molar-refractivity contribution in [1.82, 2.24) is 9.97 Å². The van der Waals surface area contributed by atoms with Gasteiger partial charge in [0, 0.05) is 78.5 Å². The van der Waals surface area contributed by atoms with Crippen LogP contribution in [0.5, 0.6) is 0 Å². The van der Waals surface area contributed by atoms with Crippen LogP contribution in [0, 0.1) is 6.57 Å². The number of pyridine rings is 2. The lowest BCUT2D eigenvalue weighted by Gasteiger charge is -2.19. The third-order valence-corrected chi connectivity index (χ3v) is 28.1. The van der Waals surface area contributed by atoms with Crippen LogP contribution in [0.2, 0.25) is 0 Å². The first-order valence-corrected chi connectivity index (χ1v) is 45.9. The van der Waals surface area contributed by atoms with Crippen molar-refractivity contribution < 1.29 is 13.3 Å². The van der Waals surface area contributed by atoms with Crippen molar-refractivity contribution in [3.63, 3.8) is 0 Å². The van der Waals surface area contributed by atoms with Crippen molar-refractivity contribution in [3.05, 3.63) is 467 Å². The molecule has 624 valence electrons. The van der Waals surface area contributed by atoms with Gasteiger partial charge in [-0.1, -0.05) is 382 Å². The summed E-state index contributed by atoms with van der Waals surface area (Å²) in [6, 6.07) is 156. The van der Waals surface area contributed by atoms with Crippen LogP contribution >= 0.6 is 0 Å². The van der Waals surface area contributed by atoms with Crippen molar-refractivity contribution in [2.24, 2.45) is 0 Å². The normalized spacial score (nSPS) is 11.8. The van der Waals surface area contributed by atoms with Crippen molar-refractivity contribution in [2.75, 3.05) is 0 Å². The first-order chi connectivity index (χ1) is 67.0. The van der Waals surface area contributed by atoms with Crippen LogP contribution < -0.4 is 0 Å². The van der Waals surface area contributed by atoms with E-state index in [4.69, 9.17) is 24.8 Å². The molecule has 5 aromatic heterocycles. The predicted molar refractivity (Wildman–Crippen MR) is 569 cm³/mol. The molecule has 6 heteroatoms. The molecule has 0 atom stereocenters. The highest BCUT2D eigenvalue weighted by Gasteiger charge is 2.28. The van der Waals surface area contributed by atoms with Crippen molar-refractivity contribution >= 4 is 212 Å². The number of benzene rings is 24. The summed E-state index contributed by atoms with van der Waals surface area (Å²) in [7, 11) is 0. The summed E-state index contributed by atoms with van der Waals surface area (Å²) in [5.74, 6) is 0. The molecule has 0 aliphatic rings. The third-order valence-electron chi connectivity index (χ3n) is 28.1. The standard InChI is InChI=1S/C49H29NO.C41H23NO.C39H23NO/c1-3-13-33-30(11-1)21-24-44-47(33)48-34-14-4-2-12-32(34)29-43(49(48)51-44)37-22-23-42(36-16-6-5-15-35(36)37)46-40-19-9-7-17-38(40)45(31-25-27-50-28-26-31)39-18-8-10-20-41(39)46;1-42-37-22-21-33(31-16-8-9-17-35(31)37)32-19-20-34(30-15-7-6-14-29(30)32)36-24-26-11-3-5-13-28(26)40-39-27-12-4-2-10-25(27)18-23-38(39)43-41(36)40;1-3-13-27-24(9-1)18-21-35-36(27)37-28-14-4-2-10-26(28)23-34(39(37)41-35)32-20-19-31(29-15-5-6-16-30(29)32)33-17-7-11-25-12-8-22-40-38(25)33/h1-29H;2-24H;1-23H. The second kappa shape index (κ2) is 31.0. The number of furan rings is 3. The average molecular weight is 1720 g/mol. The number of hydrogen-bond acceptors (Lipinski definition) is 5. The Kier molecular flexibility index (Phi) is 17.7. The molecule has 0 amide bonds. The van der Waals surface area contributed by atoms with Gasteiger partial charge in [-0.15, -0.1) is 0 Å². The van der Waals surface area contributed by atoms with E-state index in [1.165, 1.54) is 173 Å². The molecule has 6 nitrogen and oxygen atoms in total. The van der Waals surface area contributed by atoms with Crippen LogP contribution in [-0.2, 0) is 0 Å². The quantitative estimate of drug-likeness (QED) is 0.117. The summed E-state index contributed by atoms with van der Waals surface area (Å²) in [4.78, 5) is 12.9. The summed E-state index contributed by atoms with van der Waals surface area (Å²) in [5, 5.41) is 36.8. The molecule has 0 radical (unpaired) electrons. The van der Waals surface area contributed by atoms with Crippen LogP contribution in [0.3, 0.4) is 0 Å². The summed E-state index contributed by atoms with van der Waals surface area (Å²) in [6.45, 7) is 7.68. The second-order valence-corrected chi connectivity index (χ2v) is 35.2. The molecule has 0 saturated heterocycles. The fraction of sp³-hybridized carbons (Fsp3) is 0. The van der Waals surface area contributed by atoms with Crippen molar-refractivity contribution in [2.45, 2.75) is 0 Å². The van der Waals surface area contributed by atoms with Gasteiger partial charge in [-0.25, -0.2) is 4.85 Å². The summed E-state index contributed by atoms with van der Waals surface area (Å²) in [5.41, 5.74) is 23.4. The lowest BCUT2D eigenvalue weighted by Crippen LogP contribution is -1.92. The van der Waals surface area contributed by atoms with Crippen LogP contribution in [0.1, 0.15) is 0 Å². The highest BCUT2D eigenvalue weighted by atomic mass is 16.3. The lowest BCUT2D eigenvalue weighted by atomic mass is 9.83. The number of fused-ring (bicyclic) bond motifs is 28. The van der Waals surface area contributed by atoms with E-state index in [0.29, 0.717) is 5.69 Å². The van der Waals surface area contributed by atoms with Crippen LogP contribution in [-0.4, -0.2) is 9.97 Å². The SMILES string of the molecule is [C-]#[N+]c1ccc(-c2ccc(-c3cc4ccccc4c4c3oc3ccc5ccccc5c34)c3ccccc23)c2ccccc12.c1ccc2c(c1)ccc1oc3c(-c4ccc(-c5c6ccccc6c(-c6ccncc6)c6ccccc56)c5ccccc45)cc4ccccc4c3c12.c1cnc2c(-c3ccc(-c4cc5ccccc5c5c4oc4ccc6ccccc6c45)c4ccccc34)cccc2c1. The van der Waals surface area contributed by atoms with Gasteiger partial charge in [-0.05, 0) is 240 Å². The van der Waals surface area contributed by atoms with Gasteiger partial charge in [0.15, 0.2) is 5.69 Å². The second-order valence-electron chi connectivity index (χ2n) is 35.2. The molecular formula is C129H75N3O3. The molecule has 135 heavy (non-hydrogen) atoms. The van der Waals surface area contributed by atoms with E-state index in [-0.39, 0.29) is 0 Å².